The summed E-state index contributed by atoms with van der Waals surface area (Å²) in [4.78, 5) is 13.9. The molecule has 0 saturated heterocycles. The Morgan fingerprint density at radius 3 is 2.79 bits per heavy atom. The molecule has 0 spiro atoms. The molecule has 0 heterocycles. The Morgan fingerprint density at radius 2 is 2.26 bits per heavy atom. The first kappa shape index (κ1) is 16.4. The van der Waals surface area contributed by atoms with Gasteiger partial charge in [-0.1, -0.05) is 6.92 Å². The Labute approximate surface area is 116 Å². The van der Waals surface area contributed by atoms with Gasteiger partial charge >= 0.3 is 5.97 Å². The molecule has 0 amide bonds. The number of ether oxygens (including phenoxy) is 1. The van der Waals surface area contributed by atoms with Crippen molar-refractivity contribution in [2.24, 2.45) is 0 Å². The SMILES string of the molecule is CCOCCN(CC)C1CCCC(NC)(C(=O)O)C1. The maximum Gasteiger partial charge on any atom is 0.323 e. The number of hydrogen-bond donors (Lipinski definition) is 2. The van der Waals surface area contributed by atoms with Gasteiger partial charge in [0.15, 0.2) is 0 Å². The second-order valence-electron chi connectivity index (χ2n) is 5.21. The van der Waals surface area contributed by atoms with Crippen LogP contribution in [0.2, 0.25) is 0 Å². The molecule has 112 valence electrons. The van der Waals surface area contributed by atoms with Crippen molar-refractivity contribution in [3.63, 3.8) is 0 Å². The normalized spacial score (nSPS) is 27.7. The first-order valence-corrected chi connectivity index (χ1v) is 7.33. The minimum absolute atomic E-state index is 0.336. The molecule has 0 radical (unpaired) electrons. The highest BCUT2D eigenvalue weighted by Crippen LogP contribution is 2.31. The molecule has 2 atom stereocenters. The van der Waals surface area contributed by atoms with Gasteiger partial charge in [0.1, 0.15) is 5.54 Å². The largest absolute Gasteiger partial charge is 0.480 e. The molecular weight excluding hydrogens is 244 g/mol. The predicted molar refractivity (Wildman–Crippen MR) is 75.4 cm³/mol. The number of aliphatic carboxylic acids is 1. The number of carbonyl (C=O) groups is 1. The van der Waals surface area contributed by atoms with Crippen LogP contribution in [0.15, 0.2) is 0 Å². The van der Waals surface area contributed by atoms with Gasteiger partial charge in [-0.25, -0.2) is 0 Å². The van der Waals surface area contributed by atoms with E-state index in [9.17, 15) is 9.90 Å². The number of hydrogen-bond acceptors (Lipinski definition) is 4. The van der Waals surface area contributed by atoms with Crippen molar-refractivity contribution < 1.29 is 14.6 Å². The van der Waals surface area contributed by atoms with Gasteiger partial charge in [-0.2, -0.15) is 0 Å². The molecule has 0 aromatic carbocycles. The monoisotopic (exact) mass is 272 g/mol. The van der Waals surface area contributed by atoms with E-state index in [4.69, 9.17) is 4.74 Å². The summed E-state index contributed by atoms with van der Waals surface area (Å²) in [5.74, 6) is -0.722. The van der Waals surface area contributed by atoms with Crippen molar-refractivity contribution in [1.29, 1.82) is 0 Å². The van der Waals surface area contributed by atoms with Crippen LogP contribution in [0.25, 0.3) is 0 Å². The quantitative estimate of drug-likeness (QED) is 0.653. The van der Waals surface area contributed by atoms with E-state index >= 15 is 0 Å². The molecule has 0 aromatic heterocycles. The van der Waals surface area contributed by atoms with E-state index in [1.165, 1.54) is 0 Å². The van der Waals surface area contributed by atoms with E-state index in [1.807, 2.05) is 6.92 Å². The third kappa shape index (κ3) is 4.16. The average molecular weight is 272 g/mol. The summed E-state index contributed by atoms with van der Waals surface area (Å²) >= 11 is 0. The maximum absolute atomic E-state index is 11.5. The van der Waals surface area contributed by atoms with Gasteiger partial charge in [0.05, 0.1) is 6.61 Å². The van der Waals surface area contributed by atoms with Crippen LogP contribution >= 0.6 is 0 Å². The van der Waals surface area contributed by atoms with Gasteiger partial charge in [-0.3, -0.25) is 9.69 Å². The Bertz CT molecular complexity index is 286. The summed E-state index contributed by atoms with van der Waals surface area (Å²) in [5, 5.41) is 12.5. The minimum atomic E-state index is -0.748. The van der Waals surface area contributed by atoms with Crippen molar-refractivity contribution in [1.82, 2.24) is 10.2 Å². The highest BCUT2D eigenvalue weighted by molar-refractivity contribution is 5.79. The van der Waals surface area contributed by atoms with Crippen molar-refractivity contribution in [2.45, 2.75) is 51.1 Å². The summed E-state index contributed by atoms with van der Waals surface area (Å²) in [5.41, 5.74) is -0.748. The highest BCUT2D eigenvalue weighted by atomic mass is 16.5. The lowest BCUT2D eigenvalue weighted by atomic mass is 9.78. The molecule has 2 N–H and O–H groups in total. The summed E-state index contributed by atoms with van der Waals surface area (Å²) in [6.45, 7) is 7.40. The third-order valence-corrected chi connectivity index (χ3v) is 4.26. The van der Waals surface area contributed by atoms with Gasteiger partial charge in [0, 0.05) is 19.2 Å². The van der Waals surface area contributed by atoms with E-state index < -0.39 is 11.5 Å². The van der Waals surface area contributed by atoms with Crippen LogP contribution < -0.4 is 5.32 Å². The summed E-state index contributed by atoms with van der Waals surface area (Å²) in [6.07, 6.45) is 3.44. The molecular formula is C14H28N2O3. The van der Waals surface area contributed by atoms with Crippen LogP contribution in [0.1, 0.15) is 39.5 Å². The molecule has 19 heavy (non-hydrogen) atoms. The Balaban J connectivity index is 2.63. The van der Waals surface area contributed by atoms with Crippen molar-refractivity contribution in [3.05, 3.63) is 0 Å². The fourth-order valence-electron chi connectivity index (χ4n) is 3.01. The molecule has 0 bridgehead atoms. The van der Waals surface area contributed by atoms with E-state index in [0.29, 0.717) is 12.5 Å². The zero-order chi connectivity index (χ0) is 14.3. The number of nitrogens with one attached hydrogen (secondary N) is 1. The lowest BCUT2D eigenvalue weighted by Crippen LogP contribution is -2.57. The van der Waals surface area contributed by atoms with Gasteiger partial charge < -0.3 is 15.2 Å². The summed E-state index contributed by atoms with van der Waals surface area (Å²) < 4.78 is 5.41. The average Bonchev–Trinajstić information content (AvgIpc) is 2.43. The van der Waals surface area contributed by atoms with Crippen molar-refractivity contribution in [3.8, 4) is 0 Å². The molecule has 1 fully saturated rings. The number of carboxylic acids is 1. The molecule has 1 aliphatic carbocycles. The molecule has 0 aliphatic heterocycles. The van der Waals surface area contributed by atoms with Gasteiger partial charge in [-0.15, -0.1) is 0 Å². The fourth-order valence-corrected chi connectivity index (χ4v) is 3.01. The summed E-state index contributed by atoms with van der Waals surface area (Å²) in [6, 6.07) is 0.336. The van der Waals surface area contributed by atoms with E-state index in [1.54, 1.807) is 7.05 Å². The molecule has 1 aliphatic rings. The second-order valence-corrected chi connectivity index (χ2v) is 5.21. The number of likely N-dealkylation sites (N-methyl/N-ethyl adjacent to an activating group) is 2. The van der Waals surface area contributed by atoms with Crippen molar-refractivity contribution in [2.75, 3.05) is 33.4 Å². The first-order chi connectivity index (χ1) is 9.09. The maximum atomic E-state index is 11.5. The Kier molecular flexibility index (Phi) is 6.75. The molecule has 5 nitrogen and oxygen atoms in total. The van der Waals surface area contributed by atoms with E-state index in [-0.39, 0.29) is 0 Å². The molecule has 5 heteroatoms. The number of rotatable bonds is 8. The van der Waals surface area contributed by atoms with Crippen LogP contribution in [0, 0.1) is 0 Å². The molecule has 1 rings (SSSR count). The lowest BCUT2D eigenvalue weighted by Gasteiger charge is -2.42. The van der Waals surface area contributed by atoms with Gasteiger partial charge in [0.25, 0.3) is 0 Å². The first-order valence-electron chi connectivity index (χ1n) is 7.33. The second kappa shape index (κ2) is 7.82. The van der Waals surface area contributed by atoms with Crippen LogP contribution in [0.5, 0.6) is 0 Å². The van der Waals surface area contributed by atoms with Crippen LogP contribution in [-0.4, -0.2) is 60.9 Å². The minimum Gasteiger partial charge on any atom is -0.480 e. The molecule has 0 aromatic rings. The molecule has 2 unspecified atom stereocenters. The zero-order valence-corrected chi connectivity index (χ0v) is 12.4. The Hall–Kier alpha value is -0.650. The van der Waals surface area contributed by atoms with Crippen LogP contribution in [-0.2, 0) is 9.53 Å². The third-order valence-electron chi connectivity index (χ3n) is 4.26. The number of carboxylic acid groups (broad SMARTS) is 1. The fraction of sp³-hybridized carbons (Fsp3) is 0.929. The van der Waals surface area contributed by atoms with E-state index in [2.05, 4.69) is 17.1 Å². The van der Waals surface area contributed by atoms with Crippen molar-refractivity contribution >= 4 is 5.97 Å². The summed E-state index contributed by atoms with van der Waals surface area (Å²) in [7, 11) is 1.76. The topological polar surface area (TPSA) is 61.8 Å². The highest BCUT2D eigenvalue weighted by Gasteiger charge is 2.42. The predicted octanol–water partition coefficient (Wildman–Crippen LogP) is 1.33. The zero-order valence-electron chi connectivity index (χ0n) is 12.4. The smallest absolute Gasteiger partial charge is 0.323 e. The molecule has 1 saturated carbocycles. The van der Waals surface area contributed by atoms with Gasteiger partial charge in [0.2, 0.25) is 0 Å². The van der Waals surface area contributed by atoms with Crippen LogP contribution in [0.3, 0.4) is 0 Å². The van der Waals surface area contributed by atoms with Crippen LogP contribution in [0.4, 0.5) is 0 Å². The lowest BCUT2D eigenvalue weighted by molar-refractivity contribution is -0.147. The number of nitrogens with zero attached hydrogens (tertiary/aromatic N) is 1. The Morgan fingerprint density at radius 1 is 1.53 bits per heavy atom. The van der Waals surface area contributed by atoms with E-state index in [0.717, 1.165) is 45.6 Å². The standard InChI is InChI=1S/C14H28N2O3/c1-4-16(9-10-19-5-2)12-7-6-8-14(11-12,15-3)13(17)18/h12,15H,4-11H2,1-3H3,(H,17,18). The van der Waals surface area contributed by atoms with Gasteiger partial charge in [-0.05, 0) is 46.2 Å².